The number of methoxy groups -OCH3 is 1. The van der Waals surface area contributed by atoms with Gasteiger partial charge in [-0.3, -0.25) is 0 Å². The third kappa shape index (κ3) is 4.52. The van der Waals surface area contributed by atoms with Crippen molar-refractivity contribution in [3.8, 4) is 0 Å². The van der Waals surface area contributed by atoms with Crippen molar-refractivity contribution in [2.24, 2.45) is 0 Å². The second-order valence-electron chi connectivity index (χ2n) is 6.91. The van der Waals surface area contributed by atoms with Gasteiger partial charge in [0.15, 0.2) is 0 Å². The number of hydrogen-bond donors (Lipinski definition) is 1. The minimum atomic E-state index is -3.33. The Hall–Kier alpha value is -0.953. The molecule has 122 valence electrons. The Kier molecular flexibility index (Phi) is 5.27. The van der Waals surface area contributed by atoms with Crippen molar-refractivity contribution in [1.29, 1.82) is 0 Å². The van der Waals surface area contributed by atoms with Crippen LogP contribution in [0, 0.1) is 0 Å². The summed E-state index contributed by atoms with van der Waals surface area (Å²) in [5.74, 6) is 0.182. The molecule has 0 saturated carbocycles. The van der Waals surface area contributed by atoms with Crippen LogP contribution in [0.2, 0.25) is 25.7 Å². The Labute approximate surface area is 134 Å². The molecule has 1 aliphatic carbocycles. The van der Waals surface area contributed by atoms with Crippen molar-refractivity contribution >= 4 is 24.2 Å². The number of benzene rings is 1. The molecular formula is C16H25NO3SSi. The van der Waals surface area contributed by atoms with Crippen LogP contribution in [0.1, 0.15) is 17.2 Å². The van der Waals surface area contributed by atoms with Gasteiger partial charge in [0.2, 0.25) is 10.0 Å². The van der Waals surface area contributed by atoms with Crippen LogP contribution in [-0.2, 0) is 14.8 Å². The van der Waals surface area contributed by atoms with Crippen LogP contribution in [0.5, 0.6) is 0 Å². The van der Waals surface area contributed by atoms with Crippen LogP contribution in [0.3, 0.4) is 0 Å². The maximum Gasteiger partial charge on any atom is 0.211 e. The summed E-state index contributed by atoms with van der Waals surface area (Å²) in [5.41, 5.74) is 2.00. The number of hydrogen-bond acceptors (Lipinski definition) is 3. The fourth-order valence-electron chi connectivity index (χ4n) is 2.47. The minimum absolute atomic E-state index is 0.182. The monoisotopic (exact) mass is 339 g/mol. The Morgan fingerprint density at radius 1 is 1.23 bits per heavy atom. The van der Waals surface area contributed by atoms with Gasteiger partial charge in [0, 0.05) is 15.2 Å². The van der Waals surface area contributed by atoms with Gasteiger partial charge >= 0.3 is 0 Å². The van der Waals surface area contributed by atoms with Gasteiger partial charge < -0.3 is 4.74 Å². The second kappa shape index (κ2) is 6.66. The highest BCUT2D eigenvalue weighted by molar-refractivity contribution is 7.89. The lowest BCUT2D eigenvalue weighted by Gasteiger charge is -2.29. The fraction of sp³-hybridized carbons (Fsp3) is 0.500. The quantitative estimate of drug-likeness (QED) is 0.811. The summed E-state index contributed by atoms with van der Waals surface area (Å²) in [4.78, 5) is 0. The van der Waals surface area contributed by atoms with Crippen LogP contribution in [-0.4, -0.2) is 35.5 Å². The summed E-state index contributed by atoms with van der Waals surface area (Å²) in [6.45, 7) is 6.54. The largest absolute Gasteiger partial charge is 0.375 e. The van der Waals surface area contributed by atoms with Crippen molar-refractivity contribution in [3.05, 3.63) is 41.5 Å². The lowest BCUT2D eigenvalue weighted by molar-refractivity contribution is 0.112. The lowest BCUT2D eigenvalue weighted by Crippen LogP contribution is -2.40. The van der Waals surface area contributed by atoms with Crippen molar-refractivity contribution in [2.45, 2.75) is 37.8 Å². The van der Waals surface area contributed by atoms with Gasteiger partial charge in [0.1, 0.15) is 0 Å². The summed E-state index contributed by atoms with van der Waals surface area (Å²) in [6, 6.07) is 8.21. The van der Waals surface area contributed by atoms with E-state index in [1.54, 1.807) is 7.11 Å². The predicted octanol–water partition coefficient (Wildman–Crippen LogP) is 3.03. The zero-order valence-corrected chi connectivity index (χ0v) is 15.5. The lowest BCUT2D eigenvalue weighted by atomic mass is 9.91. The maximum absolute atomic E-state index is 12.4. The van der Waals surface area contributed by atoms with Crippen LogP contribution < -0.4 is 4.72 Å². The van der Waals surface area contributed by atoms with E-state index in [4.69, 9.17) is 4.74 Å². The van der Waals surface area contributed by atoms with Crippen LogP contribution in [0.4, 0.5) is 0 Å². The van der Waals surface area contributed by atoms with Gasteiger partial charge in [-0.25, -0.2) is 13.1 Å². The SMILES string of the molecule is CO[C@@H]1C=Cc2ccccc2[C@H]1NS(=O)(=O)CC[Si](C)(C)C. The van der Waals surface area contributed by atoms with Crippen molar-refractivity contribution in [3.63, 3.8) is 0 Å². The Bertz CT molecular complexity index is 650. The van der Waals surface area contributed by atoms with E-state index in [1.807, 2.05) is 36.4 Å². The molecule has 1 aromatic carbocycles. The number of rotatable bonds is 6. The highest BCUT2D eigenvalue weighted by atomic mass is 32.2. The first-order valence-corrected chi connectivity index (χ1v) is 12.9. The van der Waals surface area contributed by atoms with E-state index in [1.165, 1.54) is 0 Å². The van der Waals surface area contributed by atoms with Crippen LogP contribution in [0.25, 0.3) is 6.08 Å². The Morgan fingerprint density at radius 3 is 2.55 bits per heavy atom. The van der Waals surface area contributed by atoms with Crippen LogP contribution in [0.15, 0.2) is 30.3 Å². The number of sulfonamides is 1. The van der Waals surface area contributed by atoms with E-state index < -0.39 is 18.1 Å². The van der Waals surface area contributed by atoms with E-state index in [0.29, 0.717) is 0 Å². The number of nitrogens with one attached hydrogen (secondary N) is 1. The number of fused-ring (bicyclic) bond motifs is 1. The molecule has 1 aromatic rings. The van der Waals surface area contributed by atoms with Crippen LogP contribution >= 0.6 is 0 Å². The molecule has 1 aliphatic rings. The summed E-state index contributed by atoms with van der Waals surface area (Å²) in [6.07, 6.45) is 3.61. The average Bonchev–Trinajstić information content (AvgIpc) is 2.45. The molecule has 2 atom stereocenters. The summed E-state index contributed by atoms with van der Waals surface area (Å²) >= 11 is 0. The third-order valence-electron chi connectivity index (χ3n) is 3.82. The van der Waals surface area contributed by atoms with Gasteiger partial charge in [-0.1, -0.05) is 56.1 Å². The molecule has 0 fully saturated rings. The maximum atomic E-state index is 12.4. The summed E-state index contributed by atoms with van der Waals surface area (Å²) in [7, 11) is -3.12. The van der Waals surface area contributed by atoms with Crippen molar-refractivity contribution in [2.75, 3.05) is 12.9 Å². The van der Waals surface area contributed by atoms with E-state index in [9.17, 15) is 8.42 Å². The predicted molar refractivity (Wildman–Crippen MR) is 94.1 cm³/mol. The molecule has 1 N–H and O–H groups in total. The minimum Gasteiger partial charge on any atom is -0.375 e. The van der Waals surface area contributed by atoms with E-state index >= 15 is 0 Å². The van der Waals surface area contributed by atoms with Crippen molar-refractivity contribution in [1.82, 2.24) is 4.72 Å². The fourth-order valence-corrected chi connectivity index (χ4v) is 6.76. The molecule has 22 heavy (non-hydrogen) atoms. The molecule has 2 rings (SSSR count). The standard InChI is InChI=1S/C16H25NO3SSi/c1-20-15-10-9-13-7-5-6-8-14(13)16(15)17-21(18,19)11-12-22(2,3)4/h5-10,15-17H,11-12H2,1-4H3/t15-,16-/m1/s1. The summed E-state index contributed by atoms with van der Waals surface area (Å²) < 4.78 is 33.2. The average molecular weight is 340 g/mol. The highest BCUT2D eigenvalue weighted by Crippen LogP contribution is 2.30. The van der Waals surface area contributed by atoms with Gasteiger partial charge in [-0.15, -0.1) is 0 Å². The molecule has 0 heterocycles. The first-order chi connectivity index (χ1) is 10.2. The van der Waals surface area contributed by atoms with E-state index in [-0.39, 0.29) is 17.9 Å². The molecule has 0 spiro atoms. The summed E-state index contributed by atoms with van der Waals surface area (Å²) in [5, 5.41) is 0. The first kappa shape index (κ1) is 17.4. The zero-order valence-electron chi connectivity index (χ0n) is 13.7. The molecular weight excluding hydrogens is 314 g/mol. The van der Waals surface area contributed by atoms with Gasteiger partial charge in [-0.2, -0.15) is 0 Å². The molecule has 0 radical (unpaired) electrons. The topological polar surface area (TPSA) is 55.4 Å². The third-order valence-corrected chi connectivity index (χ3v) is 7.29. The Morgan fingerprint density at radius 2 is 1.91 bits per heavy atom. The zero-order chi connectivity index (χ0) is 16.4. The van der Waals surface area contributed by atoms with Crippen molar-refractivity contribution < 1.29 is 13.2 Å². The molecule has 0 amide bonds. The molecule has 0 saturated heterocycles. The normalized spacial score (nSPS) is 21.6. The smallest absolute Gasteiger partial charge is 0.211 e. The molecule has 0 unspecified atom stereocenters. The molecule has 6 heteroatoms. The van der Waals surface area contributed by atoms with E-state index in [0.717, 1.165) is 17.2 Å². The first-order valence-electron chi connectivity index (χ1n) is 7.52. The van der Waals surface area contributed by atoms with E-state index in [2.05, 4.69) is 24.4 Å². The molecule has 4 nitrogen and oxygen atoms in total. The molecule has 0 aliphatic heterocycles. The number of ether oxygens (including phenoxy) is 1. The Balaban J connectivity index is 2.21. The molecule has 0 bridgehead atoms. The van der Waals surface area contributed by atoms with Gasteiger partial charge in [-0.05, 0) is 17.2 Å². The second-order valence-corrected chi connectivity index (χ2v) is 14.4. The highest BCUT2D eigenvalue weighted by Gasteiger charge is 2.30. The van der Waals surface area contributed by atoms with Gasteiger partial charge in [0.05, 0.1) is 17.9 Å². The van der Waals surface area contributed by atoms with Gasteiger partial charge in [0.25, 0.3) is 0 Å². The molecule has 0 aromatic heterocycles.